The number of aliphatic hydroxyl groups is 1. The number of nitrogens with zero attached hydrogens (tertiary/aromatic N) is 2. The van der Waals surface area contributed by atoms with Gasteiger partial charge in [-0.2, -0.15) is 5.10 Å². The second-order valence-corrected chi connectivity index (χ2v) is 7.15. The van der Waals surface area contributed by atoms with E-state index in [4.69, 9.17) is 4.74 Å². The second kappa shape index (κ2) is 7.63. The molecule has 2 aliphatic rings. The van der Waals surface area contributed by atoms with Gasteiger partial charge in [-0.25, -0.2) is 0 Å². The molecule has 3 rings (SSSR count). The summed E-state index contributed by atoms with van der Waals surface area (Å²) >= 11 is 0. The minimum Gasteiger partial charge on any atom is -0.381 e. The lowest BCUT2D eigenvalue weighted by atomic mass is 9.99. The number of aliphatic hydroxyl groups excluding tert-OH is 1. The van der Waals surface area contributed by atoms with Crippen molar-refractivity contribution in [2.45, 2.75) is 51.3 Å². The Balaban J connectivity index is 1.51. The number of aromatic amines is 1. The molecule has 7 nitrogen and oxygen atoms in total. The predicted octanol–water partition coefficient (Wildman–Crippen LogP) is 1.14. The van der Waals surface area contributed by atoms with Gasteiger partial charge in [-0.3, -0.25) is 14.8 Å². The van der Waals surface area contributed by atoms with Crippen molar-refractivity contribution in [3.05, 3.63) is 17.5 Å². The molecular formula is C17H28N4O3. The molecule has 1 aromatic heterocycles. The Kier molecular flexibility index (Phi) is 5.53. The molecule has 24 heavy (non-hydrogen) atoms. The molecule has 7 heteroatoms. The van der Waals surface area contributed by atoms with Crippen LogP contribution < -0.4 is 5.32 Å². The summed E-state index contributed by atoms with van der Waals surface area (Å²) in [5.41, 5.74) is 1.67. The highest BCUT2D eigenvalue weighted by Crippen LogP contribution is 2.24. The number of rotatable bonds is 5. The van der Waals surface area contributed by atoms with Gasteiger partial charge in [-0.15, -0.1) is 0 Å². The maximum Gasteiger partial charge on any atom is 0.223 e. The van der Waals surface area contributed by atoms with Gasteiger partial charge in [0, 0.05) is 38.3 Å². The maximum absolute atomic E-state index is 12.3. The van der Waals surface area contributed by atoms with Crippen LogP contribution in [0.15, 0.2) is 6.07 Å². The number of carbonyl (C=O) groups is 1. The van der Waals surface area contributed by atoms with Crippen LogP contribution >= 0.6 is 0 Å². The maximum atomic E-state index is 12.3. The van der Waals surface area contributed by atoms with E-state index in [1.807, 2.05) is 11.0 Å². The third kappa shape index (κ3) is 3.96. The van der Waals surface area contributed by atoms with Crippen molar-refractivity contribution < 1.29 is 14.6 Å². The highest BCUT2D eigenvalue weighted by molar-refractivity contribution is 5.79. The Hall–Kier alpha value is -1.44. The molecule has 2 fully saturated rings. The fraction of sp³-hybridized carbons (Fsp3) is 0.765. The molecule has 0 aromatic carbocycles. The molecule has 0 saturated carbocycles. The molecule has 1 amide bonds. The number of H-pyrrole nitrogens is 1. The molecule has 2 aliphatic heterocycles. The van der Waals surface area contributed by atoms with E-state index in [9.17, 15) is 9.90 Å². The lowest BCUT2D eigenvalue weighted by molar-refractivity contribution is -0.128. The lowest BCUT2D eigenvalue weighted by Gasteiger charge is -2.24. The number of likely N-dealkylation sites (tertiary alicyclic amines) is 1. The molecule has 0 aliphatic carbocycles. The number of aromatic nitrogens is 2. The van der Waals surface area contributed by atoms with Gasteiger partial charge < -0.3 is 15.2 Å². The van der Waals surface area contributed by atoms with Crippen LogP contribution in [0.1, 0.15) is 56.6 Å². The Morgan fingerprint density at radius 2 is 2.17 bits per heavy atom. The number of hydrogen-bond acceptors (Lipinski definition) is 5. The largest absolute Gasteiger partial charge is 0.381 e. The molecule has 3 N–H and O–H groups in total. The molecule has 0 radical (unpaired) electrons. The summed E-state index contributed by atoms with van der Waals surface area (Å²) in [6.07, 6.45) is 1.76. The molecule has 1 aromatic rings. The quantitative estimate of drug-likeness (QED) is 0.750. The average molecular weight is 336 g/mol. The van der Waals surface area contributed by atoms with Crippen LogP contribution in [0.4, 0.5) is 0 Å². The van der Waals surface area contributed by atoms with Crippen molar-refractivity contribution in [1.82, 2.24) is 20.4 Å². The number of ether oxygens (including phenoxy) is 1. The summed E-state index contributed by atoms with van der Waals surface area (Å²) in [5.74, 6) is 0.523. The minimum atomic E-state index is -0.699. The van der Waals surface area contributed by atoms with Gasteiger partial charge in [0.1, 0.15) is 6.23 Å². The van der Waals surface area contributed by atoms with Crippen LogP contribution in [-0.4, -0.2) is 58.5 Å². The molecule has 2 saturated heterocycles. The minimum absolute atomic E-state index is 0.0685. The van der Waals surface area contributed by atoms with Crippen molar-refractivity contribution in [1.29, 1.82) is 0 Å². The number of carbonyl (C=O) groups excluding carboxylic acids is 1. The Labute approximate surface area is 142 Å². The van der Waals surface area contributed by atoms with Gasteiger partial charge in [0.25, 0.3) is 0 Å². The molecule has 3 heterocycles. The van der Waals surface area contributed by atoms with E-state index < -0.39 is 6.23 Å². The van der Waals surface area contributed by atoms with Gasteiger partial charge in [0.05, 0.1) is 11.4 Å². The van der Waals surface area contributed by atoms with E-state index in [0.717, 1.165) is 37.2 Å². The van der Waals surface area contributed by atoms with Crippen molar-refractivity contribution in [2.24, 2.45) is 5.92 Å². The zero-order chi connectivity index (χ0) is 17.1. The Morgan fingerprint density at radius 1 is 1.42 bits per heavy atom. The van der Waals surface area contributed by atoms with Crippen molar-refractivity contribution in [3.8, 4) is 0 Å². The van der Waals surface area contributed by atoms with Crippen molar-refractivity contribution >= 4 is 5.91 Å². The highest BCUT2D eigenvalue weighted by Gasteiger charge is 2.31. The van der Waals surface area contributed by atoms with Crippen LogP contribution in [0.2, 0.25) is 0 Å². The molecular weight excluding hydrogens is 308 g/mol. The summed E-state index contributed by atoms with van der Waals surface area (Å²) < 4.78 is 5.31. The summed E-state index contributed by atoms with van der Waals surface area (Å²) in [5, 5.41) is 20.8. The molecule has 2 unspecified atom stereocenters. The summed E-state index contributed by atoms with van der Waals surface area (Å²) in [6, 6.07) is 2.02. The van der Waals surface area contributed by atoms with E-state index in [1.54, 1.807) is 0 Å². The van der Waals surface area contributed by atoms with E-state index in [0.29, 0.717) is 25.7 Å². The first-order valence-electron chi connectivity index (χ1n) is 8.90. The van der Waals surface area contributed by atoms with Crippen LogP contribution in [-0.2, 0) is 9.53 Å². The summed E-state index contributed by atoms with van der Waals surface area (Å²) in [7, 11) is 0. The lowest BCUT2D eigenvalue weighted by Crippen LogP contribution is -2.42. The first kappa shape index (κ1) is 17.4. The Bertz CT molecular complexity index is 554. The zero-order valence-electron chi connectivity index (χ0n) is 14.5. The predicted molar refractivity (Wildman–Crippen MR) is 89.3 cm³/mol. The van der Waals surface area contributed by atoms with Crippen LogP contribution in [0.25, 0.3) is 0 Å². The second-order valence-electron chi connectivity index (χ2n) is 7.15. The van der Waals surface area contributed by atoms with Gasteiger partial charge in [0.2, 0.25) is 5.91 Å². The SMILES string of the molecule is CC(C)c1cc(C(O)N2CCC(NC(=O)C3CCOCC3)C2)[nH]n1. The smallest absolute Gasteiger partial charge is 0.223 e. The number of nitrogens with one attached hydrogen (secondary N) is 2. The zero-order valence-corrected chi connectivity index (χ0v) is 14.5. The topological polar surface area (TPSA) is 90.5 Å². The molecule has 134 valence electrons. The normalized spacial score (nSPS) is 24.4. The van der Waals surface area contributed by atoms with E-state index in [2.05, 4.69) is 29.4 Å². The molecule has 2 atom stereocenters. The number of amides is 1. The van der Waals surface area contributed by atoms with Crippen LogP contribution in [0.5, 0.6) is 0 Å². The Morgan fingerprint density at radius 3 is 2.83 bits per heavy atom. The first-order chi connectivity index (χ1) is 11.5. The summed E-state index contributed by atoms with van der Waals surface area (Å²) in [6.45, 7) is 6.91. The van der Waals surface area contributed by atoms with Gasteiger partial charge in [-0.05, 0) is 31.2 Å². The van der Waals surface area contributed by atoms with Gasteiger partial charge in [-0.1, -0.05) is 13.8 Å². The fourth-order valence-electron chi connectivity index (χ4n) is 3.38. The standard InChI is InChI=1S/C17H28N4O3/c1-11(2)14-9-15(20-19-14)17(23)21-6-3-13(10-21)18-16(22)12-4-7-24-8-5-12/h9,11-13,17,23H,3-8,10H2,1-2H3,(H,18,22)(H,19,20). The van der Waals surface area contributed by atoms with Crippen molar-refractivity contribution in [3.63, 3.8) is 0 Å². The van der Waals surface area contributed by atoms with Gasteiger partial charge in [0.15, 0.2) is 0 Å². The van der Waals surface area contributed by atoms with Crippen molar-refractivity contribution in [2.75, 3.05) is 26.3 Å². The highest BCUT2D eigenvalue weighted by atomic mass is 16.5. The van der Waals surface area contributed by atoms with E-state index >= 15 is 0 Å². The van der Waals surface area contributed by atoms with E-state index in [-0.39, 0.29) is 17.9 Å². The monoisotopic (exact) mass is 336 g/mol. The van der Waals surface area contributed by atoms with Crippen LogP contribution in [0, 0.1) is 5.92 Å². The average Bonchev–Trinajstić information content (AvgIpc) is 3.24. The van der Waals surface area contributed by atoms with Gasteiger partial charge >= 0.3 is 0 Å². The number of hydrogen-bond donors (Lipinski definition) is 3. The fourth-order valence-corrected chi connectivity index (χ4v) is 3.38. The summed E-state index contributed by atoms with van der Waals surface area (Å²) in [4.78, 5) is 14.3. The third-order valence-corrected chi connectivity index (χ3v) is 4.99. The van der Waals surface area contributed by atoms with Crippen LogP contribution in [0.3, 0.4) is 0 Å². The molecule has 0 spiro atoms. The first-order valence-corrected chi connectivity index (χ1v) is 8.90. The third-order valence-electron chi connectivity index (χ3n) is 4.99. The molecule has 0 bridgehead atoms. The van der Waals surface area contributed by atoms with E-state index in [1.165, 1.54) is 0 Å².